The summed E-state index contributed by atoms with van der Waals surface area (Å²) in [6.07, 6.45) is 103. The lowest BCUT2D eigenvalue weighted by Crippen LogP contribution is -2.30. The molecule has 6 heteroatoms. The number of unbranched alkanes of at least 4 members (excludes halogenated alkanes) is 9. The van der Waals surface area contributed by atoms with Crippen LogP contribution in [0.25, 0.3) is 0 Å². The first-order valence-electron chi connectivity index (χ1n) is 31.6. The van der Waals surface area contributed by atoms with E-state index in [1.54, 1.807) is 0 Å². The summed E-state index contributed by atoms with van der Waals surface area (Å²) in [5, 5.41) is 0. The lowest BCUT2D eigenvalue weighted by atomic mass is 10.1. The maximum absolute atomic E-state index is 12.9. The van der Waals surface area contributed by atoms with Crippen LogP contribution in [0.1, 0.15) is 226 Å². The van der Waals surface area contributed by atoms with Gasteiger partial charge in [0, 0.05) is 19.3 Å². The van der Waals surface area contributed by atoms with Crippen molar-refractivity contribution in [3.8, 4) is 0 Å². The third kappa shape index (κ3) is 64.7. The Bertz CT molecular complexity index is 2000. The minimum absolute atomic E-state index is 0.131. The second-order valence-electron chi connectivity index (χ2n) is 19.8. The van der Waals surface area contributed by atoms with Crippen molar-refractivity contribution in [3.05, 3.63) is 207 Å². The summed E-state index contributed by atoms with van der Waals surface area (Å²) < 4.78 is 16.8. The van der Waals surface area contributed by atoms with Crippen molar-refractivity contribution in [1.82, 2.24) is 0 Å². The highest BCUT2D eigenvalue weighted by Crippen LogP contribution is 2.12. The van der Waals surface area contributed by atoms with E-state index in [1.165, 1.54) is 0 Å². The smallest absolute Gasteiger partial charge is 0.306 e. The summed E-state index contributed by atoms with van der Waals surface area (Å²) in [7, 11) is 0. The third-order valence-electron chi connectivity index (χ3n) is 12.3. The lowest BCUT2D eigenvalue weighted by Gasteiger charge is -2.18. The van der Waals surface area contributed by atoms with E-state index in [1.807, 2.05) is 0 Å². The lowest BCUT2D eigenvalue weighted by molar-refractivity contribution is -0.167. The van der Waals surface area contributed by atoms with Crippen molar-refractivity contribution >= 4 is 17.9 Å². The number of allylic oxidation sites excluding steroid dienone is 34. The Balaban J connectivity index is 4.54. The summed E-state index contributed by atoms with van der Waals surface area (Å²) in [5.41, 5.74) is 0. The monoisotopic (exact) mass is 1110 g/mol. The Labute approximate surface area is 496 Å². The van der Waals surface area contributed by atoms with Crippen LogP contribution in [0.15, 0.2) is 207 Å². The average Bonchev–Trinajstić information content (AvgIpc) is 3.46. The van der Waals surface area contributed by atoms with Gasteiger partial charge in [0.1, 0.15) is 13.2 Å². The fraction of sp³-hybridized carbons (Fsp3) is 0.507. The minimum Gasteiger partial charge on any atom is -0.462 e. The molecule has 0 fully saturated rings. The van der Waals surface area contributed by atoms with E-state index in [2.05, 4.69) is 227 Å². The van der Waals surface area contributed by atoms with E-state index >= 15 is 0 Å². The van der Waals surface area contributed by atoms with Gasteiger partial charge in [-0.05, 0) is 161 Å². The molecule has 0 saturated heterocycles. The van der Waals surface area contributed by atoms with E-state index in [-0.39, 0.29) is 44.0 Å². The normalized spacial score (nSPS) is 13.6. The number of hydrogen-bond acceptors (Lipinski definition) is 6. The molecule has 0 aliphatic rings. The molecule has 6 nitrogen and oxygen atoms in total. The van der Waals surface area contributed by atoms with Crippen LogP contribution in [0.3, 0.4) is 0 Å². The first-order chi connectivity index (χ1) is 40.0. The Hall–Kier alpha value is -6.01. The number of ether oxygens (including phenoxy) is 3. The van der Waals surface area contributed by atoms with Crippen molar-refractivity contribution in [3.63, 3.8) is 0 Å². The molecule has 0 bridgehead atoms. The van der Waals surface area contributed by atoms with Gasteiger partial charge in [-0.2, -0.15) is 0 Å². The summed E-state index contributed by atoms with van der Waals surface area (Å²) in [6, 6.07) is 0. The summed E-state index contributed by atoms with van der Waals surface area (Å²) >= 11 is 0. The van der Waals surface area contributed by atoms with Gasteiger partial charge in [-0.15, -0.1) is 0 Å². The Morgan fingerprint density at radius 2 is 0.457 bits per heavy atom. The second kappa shape index (κ2) is 66.5. The van der Waals surface area contributed by atoms with Crippen LogP contribution in [0.5, 0.6) is 0 Å². The maximum atomic E-state index is 12.9. The maximum Gasteiger partial charge on any atom is 0.306 e. The highest BCUT2D eigenvalue weighted by atomic mass is 16.6. The molecule has 0 aromatic heterocycles. The summed E-state index contributed by atoms with van der Waals surface area (Å²) in [5.74, 6) is -1.05. The van der Waals surface area contributed by atoms with E-state index in [0.717, 1.165) is 180 Å². The van der Waals surface area contributed by atoms with Gasteiger partial charge in [0.2, 0.25) is 0 Å². The zero-order valence-corrected chi connectivity index (χ0v) is 51.2. The Morgan fingerprint density at radius 3 is 0.753 bits per heavy atom. The number of carbonyl (C=O) groups is 3. The van der Waals surface area contributed by atoms with Crippen molar-refractivity contribution in [2.45, 2.75) is 232 Å². The molecule has 0 aromatic rings. The van der Waals surface area contributed by atoms with Crippen LogP contribution in [0.2, 0.25) is 0 Å². The summed E-state index contributed by atoms with van der Waals surface area (Å²) in [4.78, 5) is 38.3. The molecule has 0 radical (unpaired) electrons. The van der Waals surface area contributed by atoms with Gasteiger partial charge < -0.3 is 14.2 Å². The molecular formula is C75H112O6. The van der Waals surface area contributed by atoms with Gasteiger partial charge >= 0.3 is 17.9 Å². The van der Waals surface area contributed by atoms with Crippen molar-refractivity contribution in [2.24, 2.45) is 0 Å². The van der Waals surface area contributed by atoms with Gasteiger partial charge in [0.15, 0.2) is 6.10 Å². The molecule has 0 saturated carbocycles. The zero-order chi connectivity index (χ0) is 58.5. The Morgan fingerprint density at radius 1 is 0.247 bits per heavy atom. The van der Waals surface area contributed by atoms with Crippen LogP contribution in [0.4, 0.5) is 0 Å². The molecule has 81 heavy (non-hydrogen) atoms. The quantitative estimate of drug-likeness (QED) is 0.0261. The topological polar surface area (TPSA) is 78.9 Å². The van der Waals surface area contributed by atoms with Crippen LogP contribution in [-0.2, 0) is 28.6 Å². The fourth-order valence-corrected chi connectivity index (χ4v) is 7.66. The largest absolute Gasteiger partial charge is 0.462 e. The van der Waals surface area contributed by atoms with Crippen molar-refractivity contribution < 1.29 is 28.6 Å². The van der Waals surface area contributed by atoms with Crippen LogP contribution < -0.4 is 0 Å². The van der Waals surface area contributed by atoms with Crippen LogP contribution in [0, 0.1) is 0 Å². The Kier molecular flexibility index (Phi) is 61.6. The van der Waals surface area contributed by atoms with E-state index in [9.17, 15) is 14.4 Å². The van der Waals surface area contributed by atoms with Gasteiger partial charge in [-0.25, -0.2) is 0 Å². The molecule has 0 spiro atoms. The standard InChI is InChI=1S/C75H112O6/c1-4-7-10-13-16-19-22-25-27-29-31-33-34-35-36-37-38-39-40-42-43-45-47-50-53-56-59-62-65-68-74(77)80-71-72(70-79-73(76)67-64-61-58-55-52-49-24-21-18-15-12-9-6-3)81-75(78)69-66-63-60-57-54-51-48-46-44-41-32-30-28-26-23-20-17-14-11-8-5-2/h7-12,16-21,25-28,31-33,35-36,38-39,41-43,46-50,52,56,59,72H,4-6,13-15,22-24,29-30,34,37,40,44-45,51,53-55,57-58,60-71H2,1-3H3/b10-7-,11-8-,12-9-,19-16-,20-17-,21-18-,27-25-,28-26-,33-31-,36-35-,39-38-,41-32-,43-42-,48-46-,50-47-,52-49-,59-56-. The first kappa shape index (κ1) is 75.0. The van der Waals surface area contributed by atoms with Crippen molar-refractivity contribution in [1.29, 1.82) is 0 Å². The SMILES string of the molecule is CC/C=C\C/C=C\C/C=C\C/C=C\C/C=C\C/C=C\C/C=C\C/C=C\C/C=C\CCCC(=O)OCC(COC(=O)CCCCC/C=C\C/C=C\C/C=C\CC)OC(=O)CCCCCCC/C=C\C/C=C\C/C=C\C/C=C\C/C=C\CC. The molecular weight excluding hydrogens is 997 g/mol. The molecule has 1 unspecified atom stereocenters. The highest BCUT2D eigenvalue weighted by molar-refractivity contribution is 5.71. The molecule has 0 rings (SSSR count). The number of hydrogen-bond donors (Lipinski definition) is 0. The van der Waals surface area contributed by atoms with Crippen LogP contribution >= 0.6 is 0 Å². The molecule has 0 amide bonds. The van der Waals surface area contributed by atoms with E-state index < -0.39 is 6.10 Å². The predicted molar refractivity (Wildman–Crippen MR) is 352 cm³/mol. The van der Waals surface area contributed by atoms with Gasteiger partial charge in [0.05, 0.1) is 0 Å². The zero-order valence-electron chi connectivity index (χ0n) is 51.2. The number of esters is 3. The van der Waals surface area contributed by atoms with Crippen molar-refractivity contribution in [2.75, 3.05) is 13.2 Å². The fourth-order valence-electron chi connectivity index (χ4n) is 7.66. The van der Waals surface area contributed by atoms with Gasteiger partial charge in [-0.3, -0.25) is 14.4 Å². The van der Waals surface area contributed by atoms with Crippen LogP contribution in [-0.4, -0.2) is 37.2 Å². The third-order valence-corrected chi connectivity index (χ3v) is 12.3. The molecule has 0 heterocycles. The summed E-state index contributed by atoms with van der Waals surface area (Å²) in [6.45, 7) is 6.18. The van der Waals surface area contributed by atoms with E-state index in [0.29, 0.717) is 12.8 Å². The molecule has 0 aliphatic carbocycles. The predicted octanol–water partition coefficient (Wildman–Crippen LogP) is 22.0. The second-order valence-corrected chi connectivity index (χ2v) is 19.8. The van der Waals surface area contributed by atoms with Gasteiger partial charge in [-0.1, -0.05) is 253 Å². The minimum atomic E-state index is -0.839. The van der Waals surface area contributed by atoms with E-state index in [4.69, 9.17) is 14.2 Å². The number of rotatable bonds is 54. The first-order valence-corrected chi connectivity index (χ1v) is 31.6. The van der Waals surface area contributed by atoms with Gasteiger partial charge in [0.25, 0.3) is 0 Å². The molecule has 0 aliphatic heterocycles. The molecule has 0 aromatic carbocycles. The molecule has 448 valence electrons. The molecule has 1 atom stereocenters. The number of carbonyl (C=O) groups excluding carboxylic acids is 3. The highest BCUT2D eigenvalue weighted by Gasteiger charge is 2.19. The molecule has 0 N–H and O–H groups in total. The average molecular weight is 1110 g/mol.